The van der Waals surface area contributed by atoms with Gasteiger partial charge in [-0.15, -0.1) is 0 Å². The lowest BCUT2D eigenvalue weighted by atomic mass is 9.82. The molecule has 2 N–H and O–H groups in total. The van der Waals surface area contributed by atoms with Crippen molar-refractivity contribution in [3.63, 3.8) is 0 Å². The molecule has 0 saturated heterocycles. The first-order chi connectivity index (χ1) is 17.0. The van der Waals surface area contributed by atoms with E-state index in [0.717, 1.165) is 25.6 Å². The van der Waals surface area contributed by atoms with E-state index >= 15 is 0 Å². The van der Waals surface area contributed by atoms with Gasteiger partial charge in [-0.3, -0.25) is 4.79 Å². The predicted octanol–water partition coefficient (Wildman–Crippen LogP) is 5.22. The first kappa shape index (κ1) is 25.4. The molecule has 6 nitrogen and oxygen atoms in total. The molecule has 0 aromatic heterocycles. The van der Waals surface area contributed by atoms with Crippen LogP contribution in [0.15, 0.2) is 86.7 Å². The van der Waals surface area contributed by atoms with E-state index in [0.29, 0.717) is 31.1 Å². The molecule has 1 aliphatic rings. The van der Waals surface area contributed by atoms with Crippen molar-refractivity contribution < 1.29 is 19.4 Å². The average molecular weight is 602 g/mol. The zero-order chi connectivity index (χ0) is 24.8. The van der Waals surface area contributed by atoms with Crippen LogP contribution in [0.1, 0.15) is 29.2 Å². The molecular formula is C27H26Br2N2O4. The number of rotatable bonds is 9. The Morgan fingerprint density at radius 3 is 2.46 bits per heavy atom. The third-order valence-corrected chi connectivity index (χ3v) is 7.08. The summed E-state index contributed by atoms with van der Waals surface area (Å²) in [5.74, 6) is 0.865. The Kier molecular flexibility index (Phi) is 8.26. The van der Waals surface area contributed by atoms with Gasteiger partial charge in [0.1, 0.15) is 5.75 Å². The van der Waals surface area contributed by atoms with E-state index in [-0.39, 0.29) is 12.5 Å². The Bertz CT molecular complexity index is 1200. The number of ether oxygens (including phenoxy) is 2. The highest BCUT2D eigenvalue weighted by molar-refractivity contribution is 9.10. The maximum Gasteiger partial charge on any atom is 0.252 e. The highest BCUT2D eigenvalue weighted by atomic mass is 79.9. The first-order valence-electron chi connectivity index (χ1n) is 11.3. The van der Waals surface area contributed by atoms with Gasteiger partial charge in [-0.1, -0.05) is 62.2 Å². The summed E-state index contributed by atoms with van der Waals surface area (Å²) in [6.07, 6.45) is 0.283. The molecule has 0 saturated carbocycles. The van der Waals surface area contributed by atoms with Crippen LogP contribution in [0.5, 0.6) is 5.75 Å². The van der Waals surface area contributed by atoms with Crippen molar-refractivity contribution in [1.29, 1.82) is 0 Å². The Hall–Kier alpha value is -2.68. The molecule has 0 aliphatic carbocycles. The quantitative estimate of drug-likeness (QED) is 0.330. The zero-order valence-electron chi connectivity index (χ0n) is 19.2. The van der Waals surface area contributed by atoms with E-state index in [1.165, 1.54) is 0 Å². The Morgan fingerprint density at radius 2 is 1.80 bits per heavy atom. The molecule has 2 atom stereocenters. The number of benzene rings is 3. The van der Waals surface area contributed by atoms with Gasteiger partial charge in [0, 0.05) is 46.6 Å². The summed E-state index contributed by atoms with van der Waals surface area (Å²) >= 11 is 7.11. The number of aliphatic hydroxyl groups is 1. The molecule has 0 spiro atoms. The standard InChI is InChI=1S/C27H26Br2N2O4/c1-30-26(33)27(17-18-7-11-20(28)12-8-18)24(22-5-2-3-6-23(22)29)35-25(31-27)19-9-13-21(14-10-19)34-16-4-15-32/h2-3,5-14,24,32H,4,15-17H2,1H3,(H,30,33)/t24-,27-/m1/s1. The van der Waals surface area contributed by atoms with Gasteiger partial charge in [-0.25, -0.2) is 4.99 Å². The number of likely N-dealkylation sites (N-methyl/N-ethyl adjacent to an activating group) is 1. The Labute approximate surface area is 221 Å². The predicted molar refractivity (Wildman–Crippen MR) is 143 cm³/mol. The molecule has 0 radical (unpaired) electrons. The van der Waals surface area contributed by atoms with E-state index in [4.69, 9.17) is 19.6 Å². The highest BCUT2D eigenvalue weighted by Crippen LogP contribution is 2.44. The van der Waals surface area contributed by atoms with Crippen molar-refractivity contribution >= 4 is 43.7 Å². The van der Waals surface area contributed by atoms with Crippen LogP contribution in [0, 0.1) is 0 Å². The van der Waals surface area contributed by atoms with Crippen LogP contribution in [-0.2, 0) is 16.0 Å². The van der Waals surface area contributed by atoms with Gasteiger partial charge in [0.2, 0.25) is 5.90 Å². The van der Waals surface area contributed by atoms with Crippen LogP contribution in [-0.4, -0.2) is 42.7 Å². The number of aliphatic hydroxyl groups excluding tert-OH is 1. The summed E-state index contributed by atoms with van der Waals surface area (Å²) in [6.45, 7) is 0.517. The van der Waals surface area contributed by atoms with E-state index in [9.17, 15) is 4.79 Å². The lowest BCUT2D eigenvalue weighted by Gasteiger charge is -2.30. The second-order valence-electron chi connectivity index (χ2n) is 8.19. The summed E-state index contributed by atoms with van der Waals surface area (Å²) in [5.41, 5.74) is 1.35. The van der Waals surface area contributed by atoms with Crippen molar-refractivity contribution in [3.8, 4) is 5.75 Å². The number of nitrogens with one attached hydrogen (secondary N) is 1. The number of carbonyl (C=O) groups is 1. The second kappa shape index (κ2) is 11.4. The Balaban J connectivity index is 1.76. The molecular weight excluding hydrogens is 576 g/mol. The summed E-state index contributed by atoms with van der Waals surface area (Å²) in [7, 11) is 1.62. The van der Waals surface area contributed by atoms with E-state index in [1.807, 2.05) is 72.8 Å². The fourth-order valence-electron chi connectivity index (χ4n) is 4.08. The minimum Gasteiger partial charge on any atom is -0.494 e. The van der Waals surface area contributed by atoms with Crippen LogP contribution in [0.4, 0.5) is 0 Å². The fraction of sp³-hybridized carbons (Fsp3) is 0.259. The topological polar surface area (TPSA) is 80.2 Å². The van der Waals surface area contributed by atoms with Gasteiger partial charge in [0.25, 0.3) is 5.91 Å². The molecule has 35 heavy (non-hydrogen) atoms. The van der Waals surface area contributed by atoms with Gasteiger partial charge in [0.15, 0.2) is 11.6 Å². The number of aliphatic imine (C=N–C) groups is 1. The molecule has 0 bridgehead atoms. The molecule has 182 valence electrons. The number of hydrogen-bond donors (Lipinski definition) is 2. The van der Waals surface area contributed by atoms with Gasteiger partial charge in [0.05, 0.1) is 6.61 Å². The van der Waals surface area contributed by atoms with E-state index in [1.54, 1.807) is 7.05 Å². The zero-order valence-corrected chi connectivity index (χ0v) is 22.4. The van der Waals surface area contributed by atoms with Crippen LogP contribution < -0.4 is 10.1 Å². The maximum absolute atomic E-state index is 13.5. The SMILES string of the molecule is CNC(=O)[C@]1(Cc2ccc(Br)cc2)N=C(c2ccc(OCCCO)cc2)O[C@@H]1c1ccccc1Br. The molecule has 0 unspecified atom stereocenters. The van der Waals surface area contributed by atoms with Crippen LogP contribution in [0.25, 0.3) is 0 Å². The van der Waals surface area contributed by atoms with Crippen molar-refractivity contribution in [3.05, 3.63) is 98.4 Å². The van der Waals surface area contributed by atoms with Crippen LogP contribution >= 0.6 is 31.9 Å². The third-order valence-electron chi connectivity index (χ3n) is 5.83. The smallest absolute Gasteiger partial charge is 0.252 e. The summed E-state index contributed by atoms with van der Waals surface area (Å²) in [5, 5.41) is 11.8. The summed E-state index contributed by atoms with van der Waals surface area (Å²) < 4.78 is 13.9. The lowest BCUT2D eigenvalue weighted by Crippen LogP contribution is -2.48. The largest absolute Gasteiger partial charge is 0.494 e. The number of halogens is 2. The van der Waals surface area contributed by atoms with Crippen molar-refractivity contribution in [2.45, 2.75) is 24.5 Å². The van der Waals surface area contributed by atoms with Gasteiger partial charge in [-0.05, 0) is 48.0 Å². The molecule has 3 aromatic rings. The highest BCUT2D eigenvalue weighted by Gasteiger charge is 2.53. The van der Waals surface area contributed by atoms with Crippen molar-refractivity contribution in [1.82, 2.24) is 5.32 Å². The number of hydrogen-bond acceptors (Lipinski definition) is 5. The minimum absolute atomic E-state index is 0.0824. The number of nitrogens with zero attached hydrogens (tertiary/aromatic N) is 1. The first-order valence-corrected chi connectivity index (χ1v) is 12.9. The minimum atomic E-state index is -1.21. The Morgan fingerprint density at radius 1 is 1.09 bits per heavy atom. The van der Waals surface area contributed by atoms with Gasteiger partial charge < -0.3 is 19.9 Å². The van der Waals surface area contributed by atoms with Crippen LogP contribution in [0.2, 0.25) is 0 Å². The molecule has 1 heterocycles. The van der Waals surface area contributed by atoms with Crippen molar-refractivity contribution in [2.24, 2.45) is 4.99 Å². The third kappa shape index (κ3) is 5.60. The maximum atomic E-state index is 13.5. The molecule has 0 fully saturated rings. The average Bonchev–Trinajstić information content (AvgIpc) is 3.26. The van der Waals surface area contributed by atoms with Crippen molar-refractivity contribution in [2.75, 3.05) is 20.3 Å². The normalized spacial score (nSPS) is 19.1. The van der Waals surface area contributed by atoms with Gasteiger partial charge in [-0.2, -0.15) is 0 Å². The molecule has 1 aliphatic heterocycles. The second-order valence-corrected chi connectivity index (χ2v) is 9.96. The molecule has 1 amide bonds. The lowest BCUT2D eigenvalue weighted by molar-refractivity contribution is -0.128. The van der Waals surface area contributed by atoms with E-state index < -0.39 is 11.6 Å². The van der Waals surface area contributed by atoms with Crippen LogP contribution in [0.3, 0.4) is 0 Å². The number of carbonyl (C=O) groups excluding carboxylic acids is 1. The molecule has 3 aromatic carbocycles. The fourth-order valence-corrected chi connectivity index (χ4v) is 4.83. The van der Waals surface area contributed by atoms with E-state index in [2.05, 4.69) is 37.2 Å². The number of amides is 1. The van der Waals surface area contributed by atoms with Gasteiger partial charge >= 0.3 is 0 Å². The summed E-state index contributed by atoms with van der Waals surface area (Å²) in [6, 6.07) is 23.0. The molecule has 4 rings (SSSR count). The summed E-state index contributed by atoms with van der Waals surface area (Å²) in [4.78, 5) is 18.5. The molecule has 8 heteroatoms. The monoisotopic (exact) mass is 600 g/mol.